The fraction of sp³-hybridized carbons (Fsp3) is 0.533. The molecule has 1 rings (SSSR count). The van der Waals surface area contributed by atoms with Gasteiger partial charge < -0.3 is 19.9 Å². The number of para-hydroxylation sites is 1. The molecule has 5 heteroatoms. The van der Waals surface area contributed by atoms with Crippen molar-refractivity contribution in [1.82, 2.24) is 5.32 Å². The van der Waals surface area contributed by atoms with Gasteiger partial charge in [-0.15, -0.1) is 0 Å². The van der Waals surface area contributed by atoms with Crippen LogP contribution in [0, 0.1) is 5.92 Å². The van der Waals surface area contributed by atoms with E-state index in [9.17, 15) is 9.90 Å². The highest BCUT2D eigenvalue weighted by atomic mass is 16.5. The van der Waals surface area contributed by atoms with Crippen molar-refractivity contribution >= 4 is 5.97 Å². The van der Waals surface area contributed by atoms with Gasteiger partial charge in [0.25, 0.3) is 0 Å². The van der Waals surface area contributed by atoms with Crippen LogP contribution in [0.1, 0.15) is 25.8 Å². The van der Waals surface area contributed by atoms with Crippen molar-refractivity contribution in [3.8, 4) is 11.5 Å². The number of aliphatic carboxylic acids is 1. The molecule has 112 valence electrons. The number of carboxylic acid groups (broad SMARTS) is 1. The van der Waals surface area contributed by atoms with Gasteiger partial charge in [-0.05, 0) is 18.4 Å². The van der Waals surface area contributed by atoms with E-state index in [0.29, 0.717) is 30.4 Å². The highest BCUT2D eigenvalue weighted by Crippen LogP contribution is 2.30. The number of hydrogen-bond donors (Lipinski definition) is 2. The minimum Gasteiger partial charge on any atom is -0.493 e. The molecule has 0 radical (unpaired) electrons. The zero-order chi connectivity index (χ0) is 15.1. The molecule has 20 heavy (non-hydrogen) atoms. The van der Waals surface area contributed by atoms with Gasteiger partial charge in [-0.25, -0.2) is 0 Å². The van der Waals surface area contributed by atoms with Crippen molar-refractivity contribution in [2.45, 2.75) is 32.9 Å². The molecule has 1 aromatic rings. The van der Waals surface area contributed by atoms with Crippen molar-refractivity contribution in [2.24, 2.45) is 5.92 Å². The third kappa shape index (κ3) is 4.42. The van der Waals surface area contributed by atoms with E-state index in [-0.39, 0.29) is 0 Å². The van der Waals surface area contributed by atoms with Crippen molar-refractivity contribution in [3.63, 3.8) is 0 Å². The molecule has 0 aromatic heterocycles. The number of benzene rings is 1. The zero-order valence-corrected chi connectivity index (χ0v) is 12.5. The standard InChI is InChI=1S/C15H23NO4/c1-10(2)8-12(15(17)18)16-9-11-6-5-7-13(19-3)14(11)20-4/h5-7,10,12,16H,8-9H2,1-4H3,(H,17,18). The zero-order valence-electron chi connectivity index (χ0n) is 12.5. The van der Waals surface area contributed by atoms with E-state index in [1.165, 1.54) is 0 Å². The average molecular weight is 281 g/mol. The maximum absolute atomic E-state index is 11.2. The lowest BCUT2D eigenvalue weighted by Crippen LogP contribution is -2.37. The SMILES string of the molecule is COc1cccc(CNC(CC(C)C)C(=O)O)c1OC. The van der Waals surface area contributed by atoms with Crippen LogP contribution in [0.4, 0.5) is 0 Å². The second-order valence-corrected chi connectivity index (χ2v) is 5.05. The van der Waals surface area contributed by atoms with Gasteiger partial charge in [0, 0.05) is 12.1 Å². The molecule has 0 amide bonds. The van der Waals surface area contributed by atoms with Gasteiger partial charge in [0.1, 0.15) is 6.04 Å². The molecule has 0 fully saturated rings. The first-order chi connectivity index (χ1) is 9.49. The molecule has 1 atom stereocenters. The normalized spacial score (nSPS) is 12.2. The van der Waals surface area contributed by atoms with Crippen LogP contribution >= 0.6 is 0 Å². The Hall–Kier alpha value is -1.75. The maximum atomic E-state index is 11.2. The minimum atomic E-state index is -0.833. The summed E-state index contributed by atoms with van der Waals surface area (Å²) in [6, 6.07) is 5.00. The molecule has 5 nitrogen and oxygen atoms in total. The third-order valence-corrected chi connectivity index (χ3v) is 3.03. The van der Waals surface area contributed by atoms with Gasteiger partial charge in [-0.1, -0.05) is 26.0 Å². The molecular weight excluding hydrogens is 258 g/mol. The molecule has 0 heterocycles. The number of ether oxygens (including phenoxy) is 2. The van der Waals surface area contributed by atoms with Gasteiger partial charge in [0.2, 0.25) is 0 Å². The summed E-state index contributed by atoms with van der Waals surface area (Å²) in [7, 11) is 3.15. The molecule has 2 N–H and O–H groups in total. The van der Waals surface area contributed by atoms with Gasteiger partial charge in [-0.2, -0.15) is 0 Å². The quantitative estimate of drug-likeness (QED) is 0.765. The second kappa shape index (κ2) is 7.75. The highest BCUT2D eigenvalue weighted by molar-refractivity contribution is 5.73. The summed E-state index contributed by atoms with van der Waals surface area (Å²) in [6.45, 7) is 4.43. The minimum absolute atomic E-state index is 0.316. The molecule has 0 saturated heterocycles. The maximum Gasteiger partial charge on any atom is 0.320 e. The van der Waals surface area contributed by atoms with E-state index in [1.807, 2.05) is 32.0 Å². The van der Waals surface area contributed by atoms with Crippen molar-refractivity contribution < 1.29 is 19.4 Å². The summed E-state index contributed by atoms with van der Waals surface area (Å²) in [5.41, 5.74) is 0.877. The molecule has 0 saturated carbocycles. The van der Waals surface area contributed by atoms with Crippen molar-refractivity contribution in [2.75, 3.05) is 14.2 Å². The van der Waals surface area contributed by atoms with Gasteiger partial charge in [-0.3, -0.25) is 4.79 Å². The lowest BCUT2D eigenvalue weighted by Gasteiger charge is -2.18. The summed E-state index contributed by atoms with van der Waals surface area (Å²) in [5, 5.41) is 12.3. The molecule has 1 unspecified atom stereocenters. The summed E-state index contributed by atoms with van der Waals surface area (Å²) >= 11 is 0. The Morgan fingerprint density at radius 2 is 2.00 bits per heavy atom. The van der Waals surface area contributed by atoms with Crippen LogP contribution in [0.15, 0.2) is 18.2 Å². The van der Waals surface area contributed by atoms with Crippen LogP contribution < -0.4 is 14.8 Å². The smallest absolute Gasteiger partial charge is 0.320 e. The molecule has 0 aliphatic rings. The average Bonchev–Trinajstić information content (AvgIpc) is 2.42. The van der Waals surface area contributed by atoms with Crippen molar-refractivity contribution in [3.05, 3.63) is 23.8 Å². The molecule has 0 aliphatic heterocycles. The Bertz CT molecular complexity index is 445. The fourth-order valence-corrected chi connectivity index (χ4v) is 2.07. The lowest BCUT2D eigenvalue weighted by molar-refractivity contribution is -0.140. The highest BCUT2D eigenvalue weighted by Gasteiger charge is 2.19. The van der Waals surface area contributed by atoms with E-state index in [2.05, 4.69) is 5.32 Å². The molecular formula is C15H23NO4. The Morgan fingerprint density at radius 1 is 1.30 bits per heavy atom. The van der Waals surface area contributed by atoms with Crippen LogP contribution in [-0.4, -0.2) is 31.3 Å². The summed E-state index contributed by atoms with van der Waals surface area (Å²) < 4.78 is 10.6. The molecule has 1 aromatic carbocycles. The summed E-state index contributed by atoms with van der Waals surface area (Å²) in [4.78, 5) is 11.2. The van der Waals surface area contributed by atoms with Crippen LogP contribution in [0.25, 0.3) is 0 Å². The summed E-state index contributed by atoms with van der Waals surface area (Å²) in [5.74, 6) is 0.759. The predicted molar refractivity (Wildman–Crippen MR) is 77.3 cm³/mol. The predicted octanol–water partition coefficient (Wildman–Crippen LogP) is 2.29. The largest absolute Gasteiger partial charge is 0.493 e. The van der Waals surface area contributed by atoms with E-state index in [4.69, 9.17) is 9.47 Å². The van der Waals surface area contributed by atoms with E-state index < -0.39 is 12.0 Å². The second-order valence-electron chi connectivity index (χ2n) is 5.05. The molecule has 0 bridgehead atoms. The van der Waals surface area contributed by atoms with E-state index in [1.54, 1.807) is 14.2 Å². The number of rotatable bonds is 8. The molecule has 0 spiro atoms. The van der Waals surface area contributed by atoms with Gasteiger partial charge in [0.05, 0.1) is 14.2 Å². The Kier molecular flexibility index (Phi) is 6.31. The van der Waals surface area contributed by atoms with E-state index >= 15 is 0 Å². The Labute approximate surface area is 119 Å². The monoisotopic (exact) mass is 281 g/mol. The Balaban J connectivity index is 2.80. The van der Waals surface area contributed by atoms with Crippen LogP contribution in [-0.2, 0) is 11.3 Å². The van der Waals surface area contributed by atoms with Crippen LogP contribution in [0.2, 0.25) is 0 Å². The Morgan fingerprint density at radius 3 is 2.50 bits per heavy atom. The number of hydrogen-bond acceptors (Lipinski definition) is 4. The van der Waals surface area contributed by atoms with Crippen LogP contribution in [0.3, 0.4) is 0 Å². The topological polar surface area (TPSA) is 67.8 Å². The number of nitrogens with one attached hydrogen (secondary N) is 1. The first-order valence-electron chi connectivity index (χ1n) is 6.65. The molecule has 0 aliphatic carbocycles. The van der Waals surface area contributed by atoms with E-state index in [0.717, 1.165) is 5.56 Å². The van der Waals surface area contributed by atoms with Gasteiger partial charge in [0.15, 0.2) is 11.5 Å². The van der Waals surface area contributed by atoms with Crippen LogP contribution in [0.5, 0.6) is 11.5 Å². The van der Waals surface area contributed by atoms with Gasteiger partial charge >= 0.3 is 5.97 Å². The third-order valence-electron chi connectivity index (χ3n) is 3.03. The summed E-state index contributed by atoms with van der Waals surface area (Å²) in [6.07, 6.45) is 0.585. The number of methoxy groups -OCH3 is 2. The van der Waals surface area contributed by atoms with Crippen molar-refractivity contribution in [1.29, 1.82) is 0 Å². The fourth-order valence-electron chi connectivity index (χ4n) is 2.07. The number of carbonyl (C=O) groups is 1. The number of carboxylic acids is 1. The lowest BCUT2D eigenvalue weighted by atomic mass is 10.0. The first kappa shape index (κ1) is 16.3. The first-order valence-corrected chi connectivity index (χ1v) is 6.65.